The molecule has 0 unspecified atom stereocenters. The second-order valence-electron chi connectivity index (χ2n) is 5.48. The summed E-state index contributed by atoms with van der Waals surface area (Å²) in [5.74, 6) is -58.2. The number of hydrogen-bond donors (Lipinski definition) is 0. The lowest BCUT2D eigenvalue weighted by Crippen LogP contribution is -2.74. The van der Waals surface area contributed by atoms with E-state index in [0.717, 1.165) is 0 Å². The molecular formula is C12H6F16O2. The molecular weight excluding hydrogens is 480 g/mol. The molecule has 178 valence electrons. The fraction of sp³-hybridized carbons (Fsp3) is 0.750. The first-order valence-electron chi connectivity index (χ1n) is 6.58. The van der Waals surface area contributed by atoms with Crippen molar-refractivity contribution < 1.29 is 79.8 Å². The van der Waals surface area contributed by atoms with Gasteiger partial charge in [-0.15, -0.1) is 0 Å². The Bertz CT molecular complexity index is 674. The third-order valence-electron chi connectivity index (χ3n) is 3.28. The van der Waals surface area contributed by atoms with Crippen molar-refractivity contribution in [3.8, 4) is 0 Å². The van der Waals surface area contributed by atoms with Crippen LogP contribution in [0.2, 0.25) is 0 Å². The Morgan fingerprint density at radius 2 is 0.867 bits per heavy atom. The van der Waals surface area contributed by atoms with Crippen LogP contribution in [-0.2, 0) is 9.53 Å². The monoisotopic (exact) mass is 486 g/mol. The van der Waals surface area contributed by atoms with Crippen molar-refractivity contribution in [1.29, 1.82) is 0 Å². The lowest BCUT2D eigenvalue weighted by Gasteiger charge is -2.42. The first-order chi connectivity index (χ1) is 12.7. The van der Waals surface area contributed by atoms with E-state index in [0.29, 0.717) is 0 Å². The van der Waals surface area contributed by atoms with Crippen LogP contribution in [0.1, 0.15) is 6.92 Å². The van der Waals surface area contributed by atoms with Gasteiger partial charge in [-0.25, -0.2) is 4.79 Å². The summed E-state index contributed by atoms with van der Waals surface area (Å²) in [4.78, 5) is 10.4. The first-order valence-corrected chi connectivity index (χ1v) is 6.58. The van der Waals surface area contributed by atoms with Gasteiger partial charge in [0, 0.05) is 13.0 Å². The average Bonchev–Trinajstić information content (AvgIpc) is 2.51. The molecule has 0 bridgehead atoms. The van der Waals surface area contributed by atoms with Gasteiger partial charge >= 0.3 is 53.5 Å². The zero-order chi connectivity index (χ0) is 25.0. The Morgan fingerprint density at radius 3 is 1.13 bits per heavy atom. The number of hydrogen-bond acceptors (Lipinski definition) is 2. The number of carbonyl (C=O) groups is 1. The fourth-order valence-corrected chi connectivity index (χ4v) is 1.48. The van der Waals surface area contributed by atoms with Gasteiger partial charge in [0.15, 0.2) is 0 Å². The Morgan fingerprint density at radius 1 is 0.600 bits per heavy atom. The summed E-state index contributed by atoms with van der Waals surface area (Å²) in [6.07, 6.45) is -7.57. The highest BCUT2D eigenvalue weighted by atomic mass is 19.4. The van der Waals surface area contributed by atoms with E-state index in [2.05, 4.69) is 11.3 Å². The molecule has 0 aromatic carbocycles. The quantitative estimate of drug-likeness (QED) is 0.235. The van der Waals surface area contributed by atoms with E-state index >= 15 is 0 Å². The summed E-state index contributed by atoms with van der Waals surface area (Å²) >= 11 is 0. The highest BCUT2D eigenvalue weighted by molar-refractivity contribution is 5.81. The lowest BCUT2D eigenvalue weighted by atomic mass is 9.89. The minimum atomic E-state index is -8.55. The molecule has 0 saturated heterocycles. The SMILES string of the molecule is C=CC(=O)OC(F)(F)C(F)(F)C(F)(F)C(F)(F)C(F)(F)C(F)(F)C(F)(F)C(C)(F)F. The van der Waals surface area contributed by atoms with E-state index in [9.17, 15) is 75.0 Å². The van der Waals surface area contributed by atoms with Crippen molar-refractivity contribution >= 4 is 5.97 Å². The van der Waals surface area contributed by atoms with Crippen LogP contribution >= 0.6 is 0 Å². The number of ether oxygens (including phenoxy) is 1. The predicted molar refractivity (Wildman–Crippen MR) is 61.5 cm³/mol. The number of halogens is 16. The van der Waals surface area contributed by atoms with Gasteiger partial charge in [-0.3, -0.25) is 0 Å². The summed E-state index contributed by atoms with van der Waals surface area (Å²) in [5, 5.41) is 0. The van der Waals surface area contributed by atoms with Crippen LogP contribution in [0.25, 0.3) is 0 Å². The molecule has 0 N–H and O–H groups in total. The zero-order valence-corrected chi connectivity index (χ0v) is 13.6. The van der Waals surface area contributed by atoms with Crippen LogP contribution < -0.4 is 0 Å². The van der Waals surface area contributed by atoms with E-state index in [-0.39, 0.29) is 0 Å². The molecule has 30 heavy (non-hydrogen) atoms. The van der Waals surface area contributed by atoms with Crippen LogP contribution in [0.4, 0.5) is 70.2 Å². The van der Waals surface area contributed by atoms with Gasteiger partial charge < -0.3 is 4.74 Å². The maximum absolute atomic E-state index is 13.3. The molecule has 0 saturated carbocycles. The van der Waals surface area contributed by atoms with Gasteiger partial charge in [-0.05, 0) is 0 Å². The van der Waals surface area contributed by atoms with E-state index in [1.807, 2.05) is 0 Å². The van der Waals surface area contributed by atoms with Crippen LogP contribution in [0.15, 0.2) is 12.7 Å². The Hall–Kier alpha value is -1.91. The Kier molecular flexibility index (Phi) is 6.61. The highest BCUT2D eigenvalue weighted by Crippen LogP contribution is 2.63. The maximum atomic E-state index is 13.3. The largest absolute Gasteiger partial charge is 0.473 e. The van der Waals surface area contributed by atoms with Gasteiger partial charge in [0.25, 0.3) is 0 Å². The lowest BCUT2D eigenvalue weighted by molar-refractivity contribution is -0.467. The molecule has 0 atom stereocenters. The van der Waals surface area contributed by atoms with Crippen LogP contribution in [-0.4, -0.2) is 53.5 Å². The van der Waals surface area contributed by atoms with Crippen molar-refractivity contribution in [1.82, 2.24) is 0 Å². The van der Waals surface area contributed by atoms with E-state index in [1.165, 1.54) is 0 Å². The number of rotatable bonds is 9. The number of alkyl halides is 16. The topological polar surface area (TPSA) is 26.3 Å². The molecule has 0 aliphatic carbocycles. The van der Waals surface area contributed by atoms with E-state index < -0.39 is 66.5 Å². The summed E-state index contributed by atoms with van der Waals surface area (Å²) in [6.45, 7) is 1.05. The van der Waals surface area contributed by atoms with Gasteiger partial charge in [0.05, 0.1) is 0 Å². The number of esters is 1. The first kappa shape index (κ1) is 28.1. The zero-order valence-electron chi connectivity index (χ0n) is 13.6. The molecule has 0 radical (unpaired) electrons. The minimum absolute atomic E-state index is 0.438. The second kappa shape index (κ2) is 7.06. The van der Waals surface area contributed by atoms with Crippen molar-refractivity contribution in [3.63, 3.8) is 0 Å². The van der Waals surface area contributed by atoms with Crippen LogP contribution in [0.3, 0.4) is 0 Å². The third kappa shape index (κ3) is 3.54. The molecule has 0 rings (SSSR count). The molecule has 0 aromatic heterocycles. The molecule has 0 aliphatic rings. The molecule has 0 aliphatic heterocycles. The number of carbonyl (C=O) groups excluding carboxylic acids is 1. The predicted octanol–water partition coefficient (Wildman–Crippen LogP) is 5.78. The Labute approximate surface area is 154 Å². The van der Waals surface area contributed by atoms with E-state index in [1.54, 1.807) is 0 Å². The average molecular weight is 486 g/mol. The van der Waals surface area contributed by atoms with Gasteiger partial charge in [-0.2, -0.15) is 70.2 Å². The highest BCUT2D eigenvalue weighted by Gasteiger charge is 2.95. The third-order valence-corrected chi connectivity index (χ3v) is 3.28. The van der Waals surface area contributed by atoms with Gasteiger partial charge in [-0.1, -0.05) is 6.58 Å². The summed E-state index contributed by atoms with van der Waals surface area (Å²) < 4.78 is 211. The molecule has 2 nitrogen and oxygen atoms in total. The van der Waals surface area contributed by atoms with Crippen molar-refractivity contribution in [2.24, 2.45) is 0 Å². The smallest absolute Gasteiger partial charge is 0.393 e. The molecule has 0 aromatic rings. The van der Waals surface area contributed by atoms with Crippen molar-refractivity contribution in [2.45, 2.75) is 54.5 Å². The van der Waals surface area contributed by atoms with Gasteiger partial charge in [0.2, 0.25) is 0 Å². The summed E-state index contributed by atoms with van der Waals surface area (Å²) in [6, 6.07) is 0. The van der Waals surface area contributed by atoms with Crippen molar-refractivity contribution in [3.05, 3.63) is 12.7 Å². The summed E-state index contributed by atoms with van der Waals surface area (Å²) in [7, 11) is 0. The summed E-state index contributed by atoms with van der Waals surface area (Å²) in [5.41, 5.74) is 0. The second-order valence-corrected chi connectivity index (χ2v) is 5.48. The molecule has 0 fully saturated rings. The Balaban J connectivity index is 6.69. The van der Waals surface area contributed by atoms with Crippen molar-refractivity contribution in [2.75, 3.05) is 0 Å². The maximum Gasteiger partial charge on any atom is 0.473 e. The van der Waals surface area contributed by atoms with Crippen LogP contribution in [0, 0.1) is 0 Å². The fourth-order valence-electron chi connectivity index (χ4n) is 1.48. The molecule has 0 spiro atoms. The minimum Gasteiger partial charge on any atom is -0.393 e. The van der Waals surface area contributed by atoms with E-state index in [4.69, 9.17) is 0 Å². The van der Waals surface area contributed by atoms with Gasteiger partial charge in [0.1, 0.15) is 0 Å². The molecule has 18 heteroatoms. The van der Waals surface area contributed by atoms with Crippen LogP contribution in [0.5, 0.6) is 0 Å². The molecule has 0 heterocycles. The standard InChI is InChI=1S/C12H6F16O2/c1-3-4(29)30-12(27,28)11(25,26)10(23,24)9(21,22)8(19,20)7(17,18)6(15,16)5(2,13)14/h3H,1H2,2H3. The normalized spacial score (nSPS) is 15.8. The molecule has 0 amide bonds.